The SMILES string of the molecule is CCOC(=O)C1CCCCN1C(=C1C(=O)Nc2ccccc21)c1ccc2c(c1)COC2. The number of fused-ring (bicyclic) bond motifs is 2. The number of esters is 1. The fourth-order valence-electron chi connectivity index (χ4n) is 4.81. The molecule has 3 aliphatic rings. The Morgan fingerprint density at radius 1 is 1.16 bits per heavy atom. The van der Waals surface area contributed by atoms with E-state index in [4.69, 9.17) is 9.47 Å². The van der Waals surface area contributed by atoms with Gasteiger partial charge in [0.15, 0.2) is 0 Å². The molecule has 3 aliphatic heterocycles. The first-order chi connectivity index (χ1) is 15.2. The van der Waals surface area contributed by atoms with Gasteiger partial charge in [-0.05, 0) is 55.0 Å². The van der Waals surface area contributed by atoms with Crippen LogP contribution in [0.5, 0.6) is 0 Å². The summed E-state index contributed by atoms with van der Waals surface area (Å²) < 4.78 is 11.0. The van der Waals surface area contributed by atoms with Crippen LogP contribution in [0.1, 0.15) is 48.4 Å². The number of anilines is 1. The largest absolute Gasteiger partial charge is 0.464 e. The average Bonchev–Trinajstić information content (AvgIpc) is 3.38. The van der Waals surface area contributed by atoms with Gasteiger partial charge in [0.2, 0.25) is 0 Å². The second-order valence-corrected chi connectivity index (χ2v) is 8.16. The minimum atomic E-state index is -0.402. The number of carbonyl (C=O) groups is 2. The van der Waals surface area contributed by atoms with Gasteiger partial charge >= 0.3 is 5.97 Å². The molecular weight excluding hydrogens is 392 g/mol. The van der Waals surface area contributed by atoms with Crippen LogP contribution in [0.25, 0.3) is 11.3 Å². The second-order valence-electron chi connectivity index (χ2n) is 8.16. The zero-order chi connectivity index (χ0) is 21.4. The van der Waals surface area contributed by atoms with Gasteiger partial charge in [-0.3, -0.25) is 4.79 Å². The number of benzene rings is 2. The molecule has 1 atom stereocenters. The molecule has 0 aliphatic carbocycles. The van der Waals surface area contributed by atoms with Crippen molar-refractivity contribution in [3.63, 3.8) is 0 Å². The van der Waals surface area contributed by atoms with E-state index >= 15 is 0 Å². The lowest BCUT2D eigenvalue weighted by Gasteiger charge is -2.38. The maximum absolute atomic E-state index is 13.2. The van der Waals surface area contributed by atoms with Crippen molar-refractivity contribution in [3.05, 3.63) is 64.7 Å². The molecule has 0 aromatic heterocycles. The number of rotatable bonds is 4. The Balaban J connectivity index is 1.70. The molecule has 1 unspecified atom stereocenters. The van der Waals surface area contributed by atoms with Crippen LogP contribution in [-0.4, -0.2) is 36.0 Å². The van der Waals surface area contributed by atoms with Crippen LogP contribution in [0.4, 0.5) is 5.69 Å². The molecule has 2 aromatic carbocycles. The molecule has 0 spiro atoms. The lowest BCUT2D eigenvalue weighted by atomic mass is 9.93. The highest BCUT2D eigenvalue weighted by Gasteiger charge is 2.37. The zero-order valence-electron chi connectivity index (χ0n) is 17.6. The number of hydrogen-bond donors (Lipinski definition) is 1. The van der Waals surface area contributed by atoms with E-state index in [-0.39, 0.29) is 11.9 Å². The number of likely N-dealkylation sites (tertiary alicyclic amines) is 1. The topological polar surface area (TPSA) is 67.9 Å². The summed E-state index contributed by atoms with van der Waals surface area (Å²) in [6, 6.07) is 13.5. The van der Waals surface area contributed by atoms with Crippen LogP contribution >= 0.6 is 0 Å². The lowest BCUT2D eigenvalue weighted by Crippen LogP contribution is -2.44. The van der Waals surface area contributed by atoms with Gasteiger partial charge in [0, 0.05) is 17.8 Å². The Morgan fingerprint density at radius 3 is 2.87 bits per heavy atom. The molecule has 31 heavy (non-hydrogen) atoms. The molecule has 160 valence electrons. The van der Waals surface area contributed by atoms with Crippen LogP contribution in [0.3, 0.4) is 0 Å². The number of nitrogens with one attached hydrogen (secondary N) is 1. The highest BCUT2D eigenvalue weighted by molar-refractivity contribution is 6.36. The molecule has 0 bridgehead atoms. The van der Waals surface area contributed by atoms with Gasteiger partial charge in [0.1, 0.15) is 6.04 Å². The maximum Gasteiger partial charge on any atom is 0.328 e. The van der Waals surface area contributed by atoms with E-state index in [9.17, 15) is 9.59 Å². The van der Waals surface area contributed by atoms with Crippen LogP contribution in [0.15, 0.2) is 42.5 Å². The number of carbonyl (C=O) groups excluding carboxylic acids is 2. The predicted octanol–water partition coefficient (Wildman–Crippen LogP) is 3.95. The zero-order valence-corrected chi connectivity index (χ0v) is 17.6. The van der Waals surface area contributed by atoms with E-state index < -0.39 is 6.04 Å². The minimum Gasteiger partial charge on any atom is -0.464 e. The third kappa shape index (κ3) is 3.51. The van der Waals surface area contributed by atoms with Crippen molar-refractivity contribution in [3.8, 4) is 0 Å². The Bertz CT molecular complexity index is 1070. The molecule has 3 heterocycles. The summed E-state index contributed by atoms with van der Waals surface area (Å²) in [6.07, 6.45) is 2.64. The molecule has 6 nitrogen and oxygen atoms in total. The van der Waals surface area contributed by atoms with Crippen LogP contribution in [-0.2, 0) is 32.3 Å². The third-order valence-electron chi connectivity index (χ3n) is 6.25. The van der Waals surface area contributed by atoms with Crippen molar-refractivity contribution in [2.45, 2.75) is 45.4 Å². The van der Waals surface area contributed by atoms with E-state index in [2.05, 4.69) is 22.3 Å². The Morgan fingerprint density at radius 2 is 2.00 bits per heavy atom. The molecule has 1 N–H and O–H groups in total. The van der Waals surface area contributed by atoms with E-state index in [0.717, 1.165) is 40.9 Å². The number of nitrogens with zero attached hydrogens (tertiary/aromatic N) is 1. The Kier molecular flexibility index (Phi) is 5.24. The lowest BCUT2D eigenvalue weighted by molar-refractivity contribution is -0.149. The first-order valence-electron chi connectivity index (χ1n) is 11.0. The summed E-state index contributed by atoms with van der Waals surface area (Å²) in [6.45, 7) is 4.04. The van der Waals surface area contributed by atoms with E-state index in [1.165, 1.54) is 5.56 Å². The monoisotopic (exact) mass is 418 g/mol. The first kappa shape index (κ1) is 19.8. The number of para-hydroxylation sites is 1. The van der Waals surface area contributed by atoms with Crippen molar-refractivity contribution in [2.75, 3.05) is 18.5 Å². The van der Waals surface area contributed by atoms with Gasteiger partial charge in [-0.25, -0.2) is 4.79 Å². The number of amides is 1. The van der Waals surface area contributed by atoms with Crippen molar-refractivity contribution in [1.29, 1.82) is 0 Å². The average molecular weight is 418 g/mol. The predicted molar refractivity (Wildman–Crippen MR) is 118 cm³/mol. The number of hydrogen-bond acceptors (Lipinski definition) is 5. The van der Waals surface area contributed by atoms with E-state index in [0.29, 0.717) is 38.4 Å². The van der Waals surface area contributed by atoms with Crippen LogP contribution in [0.2, 0.25) is 0 Å². The number of ether oxygens (including phenoxy) is 2. The smallest absolute Gasteiger partial charge is 0.328 e. The first-order valence-corrected chi connectivity index (χ1v) is 11.0. The van der Waals surface area contributed by atoms with E-state index in [1.807, 2.05) is 37.3 Å². The summed E-state index contributed by atoms with van der Waals surface area (Å²) in [5.41, 5.74) is 6.32. The fourth-order valence-corrected chi connectivity index (χ4v) is 4.81. The molecule has 0 radical (unpaired) electrons. The molecule has 1 fully saturated rings. The summed E-state index contributed by atoms with van der Waals surface area (Å²) in [4.78, 5) is 28.1. The Hall–Kier alpha value is -3.12. The fraction of sp³-hybridized carbons (Fsp3) is 0.360. The highest BCUT2D eigenvalue weighted by atomic mass is 16.5. The summed E-state index contributed by atoms with van der Waals surface area (Å²) in [7, 11) is 0. The maximum atomic E-state index is 13.2. The van der Waals surface area contributed by atoms with E-state index in [1.54, 1.807) is 0 Å². The molecule has 6 heteroatoms. The molecule has 1 saturated heterocycles. The molecule has 5 rings (SSSR count). The molecular formula is C25H26N2O4. The minimum absolute atomic E-state index is 0.138. The summed E-state index contributed by atoms with van der Waals surface area (Å²) in [5, 5.41) is 2.99. The third-order valence-corrected chi connectivity index (χ3v) is 6.25. The summed E-state index contributed by atoms with van der Waals surface area (Å²) >= 11 is 0. The Labute approximate surface area is 181 Å². The van der Waals surface area contributed by atoms with Crippen molar-refractivity contribution in [1.82, 2.24) is 4.90 Å². The van der Waals surface area contributed by atoms with Crippen molar-refractivity contribution >= 4 is 28.8 Å². The molecule has 2 aromatic rings. The van der Waals surface area contributed by atoms with Crippen LogP contribution < -0.4 is 5.32 Å². The quantitative estimate of drug-likeness (QED) is 0.601. The standard InChI is InChI=1S/C25H26N2O4/c1-2-31-25(29)21-9-5-6-12-27(21)23(16-10-11-17-14-30-15-18(17)13-16)22-19-7-3-4-8-20(19)26-24(22)28/h3-4,7-8,10-11,13,21H,2,5-6,9,12,14-15H2,1H3,(H,26,28). The molecule has 0 saturated carbocycles. The molecule has 1 amide bonds. The number of piperidine rings is 1. The van der Waals surface area contributed by atoms with Gasteiger partial charge in [-0.1, -0.05) is 30.3 Å². The van der Waals surface area contributed by atoms with Gasteiger partial charge < -0.3 is 19.7 Å². The normalized spacial score (nSPS) is 21.4. The second kappa shape index (κ2) is 8.19. The van der Waals surface area contributed by atoms with Gasteiger partial charge in [-0.15, -0.1) is 0 Å². The summed E-state index contributed by atoms with van der Waals surface area (Å²) in [5.74, 6) is -0.363. The van der Waals surface area contributed by atoms with Gasteiger partial charge in [-0.2, -0.15) is 0 Å². The van der Waals surface area contributed by atoms with Gasteiger partial charge in [0.25, 0.3) is 5.91 Å². The van der Waals surface area contributed by atoms with Crippen molar-refractivity contribution in [2.24, 2.45) is 0 Å². The van der Waals surface area contributed by atoms with Crippen molar-refractivity contribution < 1.29 is 19.1 Å². The van der Waals surface area contributed by atoms with Crippen LogP contribution in [0, 0.1) is 0 Å². The highest BCUT2D eigenvalue weighted by Crippen LogP contribution is 2.41. The van der Waals surface area contributed by atoms with Gasteiger partial charge in [0.05, 0.1) is 31.1 Å².